The standard InChI is InChI=1S/C9H17BF3/c1-9(2)7-5-3-4-6-8-10(11,12)13/h7H,3-6,8H2,1-2H3/q-1. The van der Waals surface area contributed by atoms with Crippen molar-refractivity contribution in [3.8, 4) is 0 Å². The Morgan fingerprint density at radius 3 is 2.15 bits per heavy atom. The summed E-state index contributed by atoms with van der Waals surface area (Å²) >= 11 is 0. The van der Waals surface area contributed by atoms with Gasteiger partial charge in [-0.15, -0.1) is 0 Å². The summed E-state index contributed by atoms with van der Waals surface area (Å²) in [5.74, 6) is 0. The van der Waals surface area contributed by atoms with E-state index in [0.717, 1.165) is 12.8 Å². The maximum atomic E-state index is 11.7. The van der Waals surface area contributed by atoms with Gasteiger partial charge >= 0.3 is 6.98 Å². The lowest BCUT2D eigenvalue weighted by Gasteiger charge is -2.12. The van der Waals surface area contributed by atoms with Gasteiger partial charge in [-0.05, 0) is 26.7 Å². The Morgan fingerprint density at radius 2 is 1.69 bits per heavy atom. The van der Waals surface area contributed by atoms with Crippen LogP contribution in [0.3, 0.4) is 0 Å². The molecule has 0 fully saturated rings. The Kier molecular flexibility index (Phi) is 5.92. The van der Waals surface area contributed by atoms with E-state index in [0.29, 0.717) is 12.8 Å². The van der Waals surface area contributed by atoms with Gasteiger partial charge in [-0.1, -0.05) is 30.8 Å². The van der Waals surface area contributed by atoms with E-state index in [-0.39, 0.29) is 0 Å². The Morgan fingerprint density at radius 1 is 1.08 bits per heavy atom. The lowest BCUT2D eigenvalue weighted by molar-refractivity contribution is 0.460. The molecule has 0 heterocycles. The second-order valence-corrected chi connectivity index (χ2v) is 3.63. The van der Waals surface area contributed by atoms with Crippen LogP contribution >= 0.6 is 0 Å². The quantitative estimate of drug-likeness (QED) is 0.334. The van der Waals surface area contributed by atoms with Crippen LogP contribution in [0.4, 0.5) is 12.9 Å². The number of rotatable bonds is 6. The van der Waals surface area contributed by atoms with E-state index in [1.165, 1.54) is 5.57 Å². The van der Waals surface area contributed by atoms with Crippen molar-refractivity contribution in [3.05, 3.63) is 11.6 Å². The molecule has 0 nitrogen and oxygen atoms in total. The molecule has 0 rings (SSSR count). The lowest BCUT2D eigenvalue weighted by atomic mass is 9.83. The molecule has 0 saturated carbocycles. The summed E-state index contributed by atoms with van der Waals surface area (Å²) in [6.45, 7) is -0.554. The normalized spacial score (nSPS) is 11.5. The zero-order chi connectivity index (χ0) is 10.3. The molecular weight excluding hydrogens is 176 g/mol. The van der Waals surface area contributed by atoms with Crippen molar-refractivity contribution in [3.63, 3.8) is 0 Å². The third-order valence-electron chi connectivity index (χ3n) is 1.79. The molecule has 0 aliphatic rings. The number of halogens is 3. The highest BCUT2D eigenvalue weighted by molar-refractivity contribution is 6.58. The van der Waals surface area contributed by atoms with Gasteiger partial charge in [0.15, 0.2) is 0 Å². The lowest BCUT2D eigenvalue weighted by Crippen LogP contribution is -2.13. The van der Waals surface area contributed by atoms with E-state index in [1.54, 1.807) is 0 Å². The first-order valence-electron chi connectivity index (χ1n) is 4.76. The van der Waals surface area contributed by atoms with E-state index in [4.69, 9.17) is 0 Å². The summed E-state index contributed by atoms with van der Waals surface area (Å²) < 4.78 is 35.2. The maximum Gasteiger partial charge on any atom is 0.478 e. The topological polar surface area (TPSA) is 0 Å². The summed E-state index contributed by atoms with van der Waals surface area (Å²) in [5, 5.41) is 0. The van der Waals surface area contributed by atoms with Gasteiger partial charge in [0.1, 0.15) is 0 Å². The summed E-state index contributed by atoms with van der Waals surface area (Å²) in [4.78, 5) is 0. The molecule has 0 atom stereocenters. The van der Waals surface area contributed by atoms with Crippen molar-refractivity contribution >= 4 is 6.98 Å². The number of hydrogen-bond donors (Lipinski definition) is 0. The van der Waals surface area contributed by atoms with Crippen LogP contribution in [0.25, 0.3) is 0 Å². The van der Waals surface area contributed by atoms with Gasteiger partial charge in [-0.3, -0.25) is 0 Å². The smallest absolute Gasteiger partial charge is 0.449 e. The van der Waals surface area contributed by atoms with Crippen molar-refractivity contribution in [1.82, 2.24) is 0 Å². The molecule has 0 spiro atoms. The third-order valence-corrected chi connectivity index (χ3v) is 1.79. The van der Waals surface area contributed by atoms with Gasteiger partial charge in [-0.2, -0.15) is 0 Å². The molecule has 0 aromatic carbocycles. The van der Waals surface area contributed by atoms with E-state index in [9.17, 15) is 12.9 Å². The molecule has 0 unspecified atom stereocenters. The zero-order valence-electron chi connectivity index (χ0n) is 8.32. The molecule has 13 heavy (non-hydrogen) atoms. The van der Waals surface area contributed by atoms with Gasteiger partial charge in [-0.25, -0.2) is 0 Å². The van der Waals surface area contributed by atoms with E-state index in [2.05, 4.69) is 6.08 Å². The molecule has 0 saturated heterocycles. The van der Waals surface area contributed by atoms with Gasteiger partial charge < -0.3 is 12.9 Å². The van der Waals surface area contributed by atoms with Crippen LogP contribution in [0.5, 0.6) is 0 Å². The van der Waals surface area contributed by atoms with E-state index in [1.807, 2.05) is 13.8 Å². The number of allylic oxidation sites excluding steroid dienone is 2. The first kappa shape index (κ1) is 12.6. The number of hydrogen-bond acceptors (Lipinski definition) is 0. The SMILES string of the molecule is CC(C)=CCCCCC[B-](F)(F)F. The number of unbranched alkanes of at least 4 members (excludes halogenated alkanes) is 3. The summed E-state index contributed by atoms with van der Waals surface area (Å²) in [5.41, 5.74) is 1.24. The van der Waals surface area contributed by atoms with Crippen molar-refractivity contribution in [2.45, 2.75) is 45.9 Å². The average molecular weight is 193 g/mol. The average Bonchev–Trinajstić information content (AvgIpc) is 1.93. The molecule has 0 aromatic heterocycles. The summed E-state index contributed by atoms with van der Waals surface area (Å²) in [6, 6.07) is 0. The Hall–Kier alpha value is -0.405. The highest BCUT2D eigenvalue weighted by Crippen LogP contribution is 2.19. The molecule has 0 aliphatic heterocycles. The van der Waals surface area contributed by atoms with Crippen LogP contribution in [-0.2, 0) is 0 Å². The molecule has 0 radical (unpaired) electrons. The molecule has 78 valence electrons. The Bertz CT molecular complexity index is 157. The highest BCUT2D eigenvalue weighted by Gasteiger charge is 2.20. The molecule has 4 heteroatoms. The maximum absolute atomic E-state index is 11.7. The summed E-state index contributed by atoms with van der Waals surface area (Å²) in [6.07, 6.45) is 4.25. The Labute approximate surface area is 78.3 Å². The largest absolute Gasteiger partial charge is 0.478 e. The zero-order valence-corrected chi connectivity index (χ0v) is 8.32. The minimum absolute atomic E-state index is 0.292. The molecule has 0 aliphatic carbocycles. The fourth-order valence-electron chi connectivity index (χ4n) is 1.09. The third kappa shape index (κ3) is 11.6. The molecule has 0 aromatic rings. The van der Waals surface area contributed by atoms with Crippen molar-refractivity contribution < 1.29 is 12.9 Å². The highest BCUT2D eigenvalue weighted by atomic mass is 19.4. The second-order valence-electron chi connectivity index (χ2n) is 3.63. The van der Waals surface area contributed by atoms with Crippen molar-refractivity contribution in [1.29, 1.82) is 0 Å². The predicted molar refractivity (Wildman–Crippen MR) is 51.8 cm³/mol. The Balaban J connectivity index is 3.23. The fraction of sp³-hybridized carbons (Fsp3) is 0.778. The molecule has 0 bridgehead atoms. The van der Waals surface area contributed by atoms with Gasteiger partial charge in [0.05, 0.1) is 0 Å². The van der Waals surface area contributed by atoms with Gasteiger partial charge in [0, 0.05) is 0 Å². The minimum atomic E-state index is -4.55. The molecule has 0 amide bonds. The van der Waals surface area contributed by atoms with Gasteiger partial charge in [0.2, 0.25) is 0 Å². The molecule has 0 N–H and O–H groups in total. The van der Waals surface area contributed by atoms with Crippen LogP contribution in [0.1, 0.15) is 39.5 Å². The van der Waals surface area contributed by atoms with Crippen LogP contribution in [-0.4, -0.2) is 6.98 Å². The first-order valence-corrected chi connectivity index (χ1v) is 4.76. The van der Waals surface area contributed by atoms with Crippen molar-refractivity contribution in [2.24, 2.45) is 0 Å². The van der Waals surface area contributed by atoms with Gasteiger partial charge in [0.25, 0.3) is 0 Å². The van der Waals surface area contributed by atoms with Crippen LogP contribution in [0.15, 0.2) is 11.6 Å². The minimum Gasteiger partial charge on any atom is -0.449 e. The van der Waals surface area contributed by atoms with E-state index >= 15 is 0 Å². The predicted octanol–water partition coefficient (Wildman–Crippen LogP) is 4.36. The fourth-order valence-corrected chi connectivity index (χ4v) is 1.09. The van der Waals surface area contributed by atoms with Crippen LogP contribution < -0.4 is 0 Å². The first-order chi connectivity index (χ1) is 5.92. The van der Waals surface area contributed by atoms with Crippen LogP contribution in [0, 0.1) is 0 Å². The van der Waals surface area contributed by atoms with Crippen molar-refractivity contribution in [2.75, 3.05) is 0 Å². The second kappa shape index (κ2) is 6.11. The van der Waals surface area contributed by atoms with E-state index < -0.39 is 13.3 Å². The van der Waals surface area contributed by atoms with Crippen LogP contribution in [0.2, 0.25) is 6.32 Å². The monoisotopic (exact) mass is 193 g/mol. The molecular formula is C9H17BF3-. The summed E-state index contributed by atoms with van der Waals surface area (Å²) in [7, 11) is 0.